The van der Waals surface area contributed by atoms with Gasteiger partial charge in [0.1, 0.15) is 18.1 Å². The summed E-state index contributed by atoms with van der Waals surface area (Å²) in [5.41, 5.74) is 1.21. The second-order valence-electron chi connectivity index (χ2n) is 4.33. The Morgan fingerprint density at radius 2 is 2.10 bits per heavy atom. The number of ether oxygens (including phenoxy) is 3. The molecule has 6 nitrogen and oxygen atoms in total. The standard InChI is InChI=1S/C14H14N2O4/c1-18-9-3-4-10(12(7-9)19-2)11-8-13(17)15-14-16(11)5-6-20-14/h3-4,7-8H,5-6H2,1-2H3. The van der Waals surface area contributed by atoms with Gasteiger partial charge in [0.05, 0.1) is 26.5 Å². The normalized spacial score (nSPS) is 12.7. The van der Waals surface area contributed by atoms with Crippen molar-refractivity contribution < 1.29 is 14.2 Å². The number of hydrogen-bond donors (Lipinski definition) is 0. The average Bonchev–Trinajstić information content (AvgIpc) is 2.93. The zero-order valence-electron chi connectivity index (χ0n) is 11.3. The summed E-state index contributed by atoms with van der Waals surface area (Å²) in [6.45, 7) is 1.18. The summed E-state index contributed by atoms with van der Waals surface area (Å²) in [5, 5.41) is 0. The molecule has 0 saturated heterocycles. The summed E-state index contributed by atoms with van der Waals surface area (Å²) >= 11 is 0. The van der Waals surface area contributed by atoms with Gasteiger partial charge in [-0.05, 0) is 12.1 Å². The Morgan fingerprint density at radius 3 is 2.85 bits per heavy atom. The highest BCUT2D eigenvalue weighted by Gasteiger charge is 2.20. The maximum Gasteiger partial charge on any atom is 0.300 e. The van der Waals surface area contributed by atoms with Crippen molar-refractivity contribution >= 4 is 0 Å². The molecule has 20 heavy (non-hydrogen) atoms. The molecule has 104 valence electrons. The highest BCUT2D eigenvalue weighted by atomic mass is 16.5. The van der Waals surface area contributed by atoms with Gasteiger partial charge in [0, 0.05) is 17.7 Å². The fourth-order valence-corrected chi connectivity index (χ4v) is 2.27. The van der Waals surface area contributed by atoms with Crippen molar-refractivity contribution in [3.8, 4) is 28.8 Å². The zero-order valence-corrected chi connectivity index (χ0v) is 11.3. The summed E-state index contributed by atoms with van der Waals surface area (Å²) in [6.07, 6.45) is 0. The lowest BCUT2D eigenvalue weighted by Gasteiger charge is -2.13. The number of aromatic nitrogens is 2. The Morgan fingerprint density at radius 1 is 1.25 bits per heavy atom. The third kappa shape index (κ3) is 1.99. The fraction of sp³-hybridized carbons (Fsp3) is 0.286. The maximum atomic E-state index is 11.7. The van der Waals surface area contributed by atoms with Crippen LogP contribution in [-0.4, -0.2) is 30.4 Å². The van der Waals surface area contributed by atoms with Crippen LogP contribution >= 0.6 is 0 Å². The minimum atomic E-state index is -0.328. The maximum absolute atomic E-state index is 11.7. The number of rotatable bonds is 3. The van der Waals surface area contributed by atoms with Crippen LogP contribution in [0.1, 0.15) is 0 Å². The van der Waals surface area contributed by atoms with E-state index in [4.69, 9.17) is 14.2 Å². The molecular formula is C14H14N2O4. The first kappa shape index (κ1) is 12.5. The first-order valence-electron chi connectivity index (χ1n) is 6.20. The van der Waals surface area contributed by atoms with E-state index >= 15 is 0 Å². The van der Waals surface area contributed by atoms with Gasteiger partial charge in [-0.2, -0.15) is 4.98 Å². The van der Waals surface area contributed by atoms with Crippen LogP contribution in [0.2, 0.25) is 0 Å². The smallest absolute Gasteiger partial charge is 0.300 e. The molecule has 0 spiro atoms. The Bertz CT molecular complexity index is 709. The van der Waals surface area contributed by atoms with E-state index in [2.05, 4.69) is 4.98 Å². The molecule has 0 radical (unpaired) electrons. The molecule has 0 amide bonds. The lowest BCUT2D eigenvalue weighted by Crippen LogP contribution is -2.11. The second-order valence-corrected chi connectivity index (χ2v) is 4.33. The Hall–Kier alpha value is -2.50. The minimum Gasteiger partial charge on any atom is -0.497 e. The molecule has 1 aromatic heterocycles. The largest absolute Gasteiger partial charge is 0.497 e. The lowest BCUT2D eigenvalue weighted by atomic mass is 10.1. The van der Waals surface area contributed by atoms with Crippen LogP contribution in [0, 0.1) is 0 Å². The molecular weight excluding hydrogens is 260 g/mol. The van der Waals surface area contributed by atoms with Crippen molar-refractivity contribution in [3.63, 3.8) is 0 Å². The van der Waals surface area contributed by atoms with Crippen LogP contribution in [0.3, 0.4) is 0 Å². The molecule has 3 rings (SSSR count). The van der Waals surface area contributed by atoms with E-state index in [1.165, 1.54) is 6.07 Å². The van der Waals surface area contributed by atoms with E-state index in [1.54, 1.807) is 20.3 Å². The summed E-state index contributed by atoms with van der Waals surface area (Å²) in [4.78, 5) is 15.5. The lowest BCUT2D eigenvalue weighted by molar-refractivity contribution is 0.343. The third-order valence-electron chi connectivity index (χ3n) is 3.22. The molecule has 0 bridgehead atoms. The Balaban J connectivity index is 2.21. The summed E-state index contributed by atoms with van der Waals surface area (Å²) in [5.74, 6) is 1.33. The van der Waals surface area contributed by atoms with Gasteiger partial charge in [-0.25, -0.2) is 0 Å². The Kier molecular flexibility index (Phi) is 3.06. The molecule has 0 saturated carbocycles. The van der Waals surface area contributed by atoms with Crippen molar-refractivity contribution in [2.24, 2.45) is 0 Å². The van der Waals surface area contributed by atoms with Crippen molar-refractivity contribution in [3.05, 3.63) is 34.6 Å². The van der Waals surface area contributed by atoms with Gasteiger partial charge >= 0.3 is 0 Å². The number of nitrogens with zero attached hydrogens (tertiary/aromatic N) is 2. The number of benzene rings is 1. The van der Waals surface area contributed by atoms with E-state index in [-0.39, 0.29) is 5.56 Å². The summed E-state index contributed by atoms with van der Waals surface area (Å²) in [7, 11) is 3.18. The van der Waals surface area contributed by atoms with Crippen molar-refractivity contribution in [2.45, 2.75) is 6.54 Å². The molecule has 0 aliphatic carbocycles. The average molecular weight is 274 g/mol. The minimum absolute atomic E-state index is 0.328. The van der Waals surface area contributed by atoms with Crippen molar-refractivity contribution in [1.82, 2.24) is 9.55 Å². The quantitative estimate of drug-likeness (QED) is 0.844. The number of methoxy groups -OCH3 is 2. The van der Waals surface area contributed by atoms with Crippen LogP contribution in [-0.2, 0) is 6.54 Å². The molecule has 1 aliphatic heterocycles. The molecule has 1 aliphatic rings. The van der Waals surface area contributed by atoms with Crippen LogP contribution in [0.15, 0.2) is 29.1 Å². The topological polar surface area (TPSA) is 62.6 Å². The van der Waals surface area contributed by atoms with E-state index in [0.29, 0.717) is 30.7 Å². The molecule has 6 heteroatoms. The molecule has 2 heterocycles. The molecule has 0 N–H and O–H groups in total. The molecule has 0 atom stereocenters. The van der Waals surface area contributed by atoms with Crippen LogP contribution in [0.5, 0.6) is 17.5 Å². The van der Waals surface area contributed by atoms with Gasteiger partial charge in [0.25, 0.3) is 11.6 Å². The van der Waals surface area contributed by atoms with Gasteiger partial charge in [-0.15, -0.1) is 0 Å². The summed E-state index contributed by atoms with van der Waals surface area (Å²) < 4.78 is 17.8. The molecule has 0 unspecified atom stereocenters. The van der Waals surface area contributed by atoms with E-state index in [1.807, 2.05) is 16.7 Å². The van der Waals surface area contributed by atoms with Crippen molar-refractivity contribution in [2.75, 3.05) is 20.8 Å². The fourth-order valence-electron chi connectivity index (χ4n) is 2.27. The van der Waals surface area contributed by atoms with Gasteiger partial charge in [-0.1, -0.05) is 0 Å². The van der Waals surface area contributed by atoms with Crippen LogP contribution < -0.4 is 19.8 Å². The molecule has 0 fully saturated rings. The van der Waals surface area contributed by atoms with Crippen LogP contribution in [0.25, 0.3) is 11.3 Å². The number of hydrogen-bond acceptors (Lipinski definition) is 5. The SMILES string of the molecule is COc1ccc(-c2cc(=O)nc3n2CCO3)c(OC)c1. The van der Waals surface area contributed by atoms with E-state index in [9.17, 15) is 4.79 Å². The van der Waals surface area contributed by atoms with Gasteiger partial charge in [0.2, 0.25) is 0 Å². The predicted molar refractivity (Wildman–Crippen MR) is 72.5 cm³/mol. The molecule has 2 aromatic rings. The third-order valence-corrected chi connectivity index (χ3v) is 3.22. The van der Waals surface area contributed by atoms with Gasteiger partial charge in [-0.3, -0.25) is 9.36 Å². The van der Waals surface area contributed by atoms with Crippen LogP contribution in [0.4, 0.5) is 0 Å². The van der Waals surface area contributed by atoms with Crippen molar-refractivity contribution in [1.29, 1.82) is 0 Å². The van der Waals surface area contributed by atoms with E-state index in [0.717, 1.165) is 11.3 Å². The first-order chi connectivity index (χ1) is 9.72. The highest BCUT2D eigenvalue weighted by Crippen LogP contribution is 2.34. The first-order valence-corrected chi connectivity index (χ1v) is 6.20. The predicted octanol–water partition coefficient (Wildman–Crippen LogP) is 1.32. The van der Waals surface area contributed by atoms with Gasteiger partial charge < -0.3 is 14.2 Å². The van der Waals surface area contributed by atoms with E-state index < -0.39 is 0 Å². The summed E-state index contributed by atoms with van der Waals surface area (Å²) in [6, 6.07) is 7.31. The van der Waals surface area contributed by atoms with Gasteiger partial charge in [0.15, 0.2) is 0 Å². The zero-order chi connectivity index (χ0) is 14.1. The second kappa shape index (κ2) is 4.88. The highest BCUT2D eigenvalue weighted by molar-refractivity contribution is 5.69. The molecule has 1 aromatic carbocycles. The number of fused-ring (bicyclic) bond motifs is 1. The Labute approximate surface area is 115 Å². The monoisotopic (exact) mass is 274 g/mol.